The first kappa shape index (κ1) is 19.3. The van der Waals surface area contributed by atoms with E-state index in [0.717, 1.165) is 38.8 Å². The summed E-state index contributed by atoms with van der Waals surface area (Å²) in [5.41, 5.74) is 2.54. The van der Waals surface area contributed by atoms with Crippen molar-refractivity contribution in [2.75, 3.05) is 18.0 Å². The molecule has 2 aliphatic heterocycles. The molecule has 2 unspecified atom stereocenters. The molecule has 1 amide bonds. The number of carbonyl (C=O) groups excluding carboxylic acids is 1. The van der Waals surface area contributed by atoms with Gasteiger partial charge in [0.25, 0.3) is 0 Å². The number of amides is 1. The van der Waals surface area contributed by atoms with Crippen LogP contribution in [0.1, 0.15) is 67.8 Å². The van der Waals surface area contributed by atoms with Gasteiger partial charge in [-0.25, -0.2) is 0 Å². The second kappa shape index (κ2) is 8.61. The monoisotopic (exact) mass is 408 g/mol. The highest BCUT2D eigenvalue weighted by atomic mass is 32.1. The fourth-order valence-electron chi connectivity index (χ4n) is 5.74. The van der Waals surface area contributed by atoms with Gasteiger partial charge in [-0.05, 0) is 68.1 Å². The van der Waals surface area contributed by atoms with Gasteiger partial charge in [-0.2, -0.15) is 0 Å². The number of hydrogen-bond acceptors (Lipinski definition) is 3. The number of rotatable bonds is 4. The molecule has 0 radical (unpaired) electrons. The molecule has 154 valence electrons. The Bertz CT molecular complexity index is 827. The van der Waals surface area contributed by atoms with Gasteiger partial charge in [-0.3, -0.25) is 9.69 Å². The maximum absolute atomic E-state index is 13.7. The number of hydrogen-bond donors (Lipinski definition) is 0. The van der Waals surface area contributed by atoms with Crippen molar-refractivity contribution in [2.24, 2.45) is 5.92 Å². The Morgan fingerprint density at radius 3 is 2.66 bits per heavy atom. The minimum absolute atomic E-state index is 0.226. The summed E-state index contributed by atoms with van der Waals surface area (Å²) < 4.78 is 0. The zero-order valence-electron chi connectivity index (χ0n) is 17.3. The van der Waals surface area contributed by atoms with Gasteiger partial charge in [0.15, 0.2) is 0 Å². The molecule has 2 atom stereocenters. The maximum atomic E-state index is 13.7. The lowest BCUT2D eigenvalue weighted by atomic mass is 9.86. The van der Waals surface area contributed by atoms with Crippen LogP contribution in [0.5, 0.6) is 0 Å². The van der Waals surface area contributed by atoms with Crippen molar-refractivity contribution in [3.63, 3.8) is 0 Å². The third-order valence-corrected chi connectivity index (χ3v) is 8.21. The van der Waals surface area contributed by atoms with E-state index < -0.39 is 0 Å². The lowest BCUT2D eigenvalue weighted by molar-refractivity contribution is -0.124. The summed E-state index contributed by atoms with van der Waals surface area (Å²) in [5.74, 6) is 0.623. The average Bonchev–Trinajstić information content (AvgIpc) is 3.45. The Morgan fingerprint density at radius 2 is 1.83 bits per heavy atom. The molecular formula is C25H32N2OS. The average molecular weight is 409 g/mol. The van der Waals surface area contributed by atoms with Gasteiger partial charge >= 0.3 is 0 Å². The van der Waals surface area contributed by atoms with Gasteiger partial charge in [0.05, 0.1) is 0 Å². The van der Waals surface area contributed by atoms with E-state index in [1.54, 1.807) is 0 Å². The first-order valence-corrected chi connectivity index (χ1v) is 12.4. The Hall–Kier alpha value is -1.65. The molecule has 3 nitrogen and oxygen atoms in total. The normalized spacial score (nSPS) is 25.9. The minimum Gasteiger partial charge on any atom is -0.308 e. The van der Waals surface area contributed by atoms with Crippen LogP contribution >= 0.6 is 11.3 Å². The molecule has 4 heteroatoms. The lowest BCUT2D eigenvalue weighted by Gasteiger charge is -2.42. The fourth-order valence-corrected chi connectivity index (χ4v) is 6.64. The maximum Gasteiger partial charge on any atom is 0.230 e. The Morgan fingerprint density at radius 1 is 0.966 bits per heavy atom. The van der Waals surface area contributed by atoms with Crippen LogP contribution in [-0.2, 0) is 11.2 Å². The quantitative estimate of drug-likeness (QED) is 0.637. The lowest BCUT2D eigenvalue weighted by Crippen LogP contribution is -2.51. The molecule has 29 heavy (non-hydrogen) atoms. The van der Waals surface area contributed by atoms with Crippen LogP contribution in [0.25, 0.3) is 0 Å². The van der Waals surface area contributed by atoms with Crippen molar-refractivity contribution in [3.05, 3.63) is 52.2 Å². The summed E-state index contributed by atoms with van der Waals surface area (Å²) in [5, 5.41) is 2.20. The molecule has 3 heterocycles. The van der Waals surface area contributed by atoms with Crippen molar-refractivity contribution in [3.8, 4) is 0 Å². The second-order valence-corrected chi connectivity index (χ2v) is 10.0. The van der Waals surface area contributed by atoms with E-state index in [4.69, 9.17) is 0 Å². The van der Waals surface area contributed by atoms with Crippen molar-refractivity contribution >= 4 is 22.9 Å². The third kappa shape index (κ3) is 3.89. The summed E-state index contributed by atoms with van der Waals surface area (Å²) in [6.07, 6.45) is 10.6. The SMILES string of the molecule is O=C(C1CCCCC1)N1c2ccccc2CCC1CN1CCCC1c1cccs1. The molecule has 1 aromatic carbocycles. The molecule has 2 aromatic rings. The van der Waals surface area contributed by atoms with Gasteiger partial charge in [0.1, 0.15) is 0 Å². The van der Waals surface area contributed by atoms with E-state index in [9.17, 15) is 4.79 Å². The van der Waals surface area contributed by atoms with Crippen LogP contribution in [0.4, 0.5) is 5.69 Å². The number of carbonyl (C=O) groups is 1. The van der Waals surface area contributed by atoms with Crippen LogP contribution in [0.2, 0.25) is 0 Å². The Balaban J connectivity index is 1.41. The largest absolute Gasteiger partial charge is 0.308 e. The number of fused-ring (bicyclic) bond motifs is 1. The Kier molecular flexibility index (Phi) is 5.74. The van der Waals surface area contributed by atoms with Gasteiger partial charge < -0.3 is 4.90 Å². The van der Waals surface area contributed by atoms with Crippen molar-refractivity contribution < 1.29 is 4.79 Å². The number of para-hydroxylation sites is 1. The second-order valence-electron chi connectivity index (χ2n) is 9.03. The zero-order valence-corrected chi connectivity index (χ0v) is 18.1. The zero-order chi connectivity index (χ0) is 19.6. The molecule has 2 fully saturated rings. The molecule has 0 spiro atoms. The molecular weight excluding hydrogens is 376 g/mol. The highest BCUT2D eigenvalue weighted by Crippen LogP contribution is 2.38. The molecule has 1 saturated heterocycles. The van der Waals surface area contributed by atoms with Crippen LogP contribution in [0.3, 0.4) is 0 Å². The fraction of sp³-hybridized carbons (Fsp3) is 0.560. The standard InChI is InChI=1S/C25H32N2OS/c28-25(20-9-2-1-3-10-20)27-21(15-14-19-8-4-5-11-22(19)27)18-26-16-6-12-23(26)24-13-7-17-29-24/h4-5,7-8,11,13,17,20-21,23H,1-3,6,9-10,12,14-16,18H2. The van der Waals surface area contributed by atoms with E-state index in [2.05, 4.69) is 51.6 Å². The van der Waals surface area contributed by atoms with Crippen LogP contribution in [-0.4, -0.2) is 29.9 Å². The number of aryl methyl sites for hydroxylation is 1. The highest BCUT2D eigenvalue weighted by molar-refractivity contribution is 7.10. The van der Waals surface area contributed by atoms with E-state index in [1.165, 1.54) is 48.2 Å². The smallest absolute Gasteiger partial charge is 0.230 e. The summed E-state index contributed by atoms with van der Waals surface area (Å²) >= 11 is 1.88. The van der Waals surface area contributed by atoms with E-state index in [1.807, 2.05) is 11.3 Å². The van der Waals surface area contributed by atoms with Crippen molar-refractivity contribution in [1.82, 2.24) is 4.90 Å². The van der Waals surface area contributed by atoms with E-state index in [0.29, 0.717) is 18.0 Å². The van der Waals surface area contributed by atoms with Gasteiger partial charge in [-0.1, -0.05) is 43.5 Å². The molecule has 0 bridgehead atoms. The number of likely N-dealkylation sites (tertiary alicyclic amines) is 1. The molecule has 5 rings (SSSR count). The highest BCUT2D eigenvalue weighted by Gasteiger charge is 2.38. The number of nitrogens with zero attached hydrogens (tertiary/aromatic N) is 2. The summed E-state index contributed by atoms with van der Waals surface area (Å²) in [4.78, 5) is 20.1. The molecule has 0 N–H and O–H groups in total. The van der Waals surface area contributed by atoms with Gasteiger partial charge in [-0.15, -0.1) is 11.3 Å². The summed E-state index contributed by atoms with van der Waals surface area (Å²) in [7, 11) is 0. The predicted molar refractivity (Wildman–Crippen MR) is 120 cm³/mol. The molecule has 1 aliphatic carbocycles. The summed E-state index contributed by atoms with van der Waals surface area (Å²) in [6.45, 7) is 2.17. The van der Waals surface area contributed by atoms with Crippen LogP contribution in [0, 0.1) is 5.92 Å². The van der Waals surface area contributed by atoms with E-state index >= 15 is 0 Å². The van der Waals surface area contributed by atoms with Crippen molar-refractivity contribution in [2.45, 2.75) is 69.9 Å². The molecule has 3 aliphatic rings. The van der Waals surface area contributed by atoms with E-state index in [-0.39, 0.29) is 5.92 Å². The number of thiophene rings is 1. The third-order valence-electron chi connectivity index (χ3n) is 7.24. The first-order valence-electron chi connectivity index (χ1n) is 11.5. The van der Waals surface area contributed by atoms with Crippen LogP contribution in [0.15, 0.2) is 41.8 Å². The number of anilines is 1. The molecule has 1 aromatic heterocycles. The topological polar surface area (TPSA) is 23.6 Å². The predicted octanol–water partition coefficient (Wildman–Crippen LogP) is 5.81. The van der Waals surface area contributed by atoms with Gasteiger partial charge in [0, 0.05) is 35.1 Å². The Labute approximate surface area is 178 Å². The summed E-state index contributed by atoms with van der Waals surface area (Å²) in [6, 6.07) is 13.9. The molecule has 1 saturated carbocycles. The number of benzene rings is 1. The van der Waals surface area contributed by atoms with Crippen LogP contribution < -0.4 is 4.90 Å². The van der Waals surface area contributed by atoms with Crippen molar-refractivity contribution in [1.29, 1.82) is 0 Å². The first-order chi connectivity index (χ1) is 14.3. The minimum atomic E-state index is 0.226. The van der Waals surface area contributed by atoms with Gasteiger partial charge in [0.2, 0.25) is 5.91 Å².